The molecule has 0 aromatic rings. The molecule has 96 valence electrons. The van der Waals surface area contributed by atoms with E-state index >= 15 is 0 Å². The molecule has 5 rings (SSSR count). The molecule has 0 aromatic carbocycles. The van der Waals surface area contributed by atoms with E-state index in [2.05, 4.69) is 24.0 Å². The number of hydrogen-bond acceptors (Lipinski definition) is 2. The zero-order chi connectivity index (χ0) is 11.4. The Morgan fingerprint density at radius 2 is 1.53 bits per heavy atom. The molecule has 4 aliphatic carbocycles. The summed E-state index contributed by atoms with van der Waals surface area (Å²) >= 11 is 2.15. The Morgan fingerprint density at radius 1 is 0.882 bits per heavy atom. The maximum atomic E-state index is 4.09. The van der Waals surface area contributed by atoms with Gasteiger partial charge < -0.3 is 5.32 Å². The SMILES string of the molecule is CC1CSCC1NC1C2CC3CC(C2)CC1C3. The van der Waals surface area contributed by atoms with E-state index in [1.54, 1.807) is 32.1 Å². The van der Waals surface area contributed by atoms with Crippen LogP contribution in [0, 0.1) is 29.6 Å². The van der Waals surface area contributed by atoms with E-state index in [9.17, 15) is 0 Å². The fraction of sp³-hybridized carbons (Fsp3) is 1.00. The van der Waals surface area contributed by atoms with Crippen LogP contribution in [-0.4, -0.2) is 23.6 Å². The molecule has 0 spiro atoms. The summed E-state index contributed by atoms with van der Waals surface area (Å²) in [5, 5.41) is 4.09. The first-order valence-corrected chi connectivity index (χ1v) is 8.79. The molecule has 5 fully saturated rings. The highest BCUT2D eigenvalue weighted by Gasteiger charge is 2.48. The minimum atomic E-state index is 0.822. The molecule has 4 bridgehead atoms. The van der Waals surface area contributed by atoms with Crippen LogP contribution in [0.2, 0.25) is 0 Å². The zero-order valence-electron chi connectivity index (χ0n) is 10.9. The Kier molecular flexibility index (Phi) is 2.73. The van der Waals surface area contributed by atoms with Gasteiger partial charge in [-0.15, -0.1) is 0 Å². The molecular formula is C15H25NS. The summed E-state index contributed by atoms with van der Waals surface area (Å²) < 4.78 is 0. The smallest absolute Gasteiger partial charge is 0.0194 e. The molecule has 0 amide bonds. The summed E-state index contributed by atoms with van der Waals surface area (Å²) in [6, 6.07) is 1.72. The van der Waals surface area contributed by atoms with E-state index in [-0.39, 0.29) is 0 Å². The summed E-state index contributed by atoms with van der Waals surface area (Å²) in [6.07, 6.45) is 7.80. The average molecular weight is 251 g/mol. The molecule has 2 atom stereocenters. The molecule has 2 unspecified atom stereocenters. The highest BCUT2D eigenvalue weighted by Crippen LogP contribution is 2.54. The number of nitrogens with one attached hydrogen (secondary N) is 1. The first kappa shape index (κ1) is 11.2. The molecule has 1 nitrogen and oxygen atoms in total. The highest BCUT2D eigenvalue weighted by atomic mass is 32.2. The molecule has 4 saturated carbocycles. The van der Waals surface area contributed by atoms with Gasteiger partial charge in [-0.3, -0.25) is 0 Å². The highest BCUT2D eigenvalue weighted by molar-refractivity contribution is 7.99. The Bertz CT molecular complexity index is 275. The van der Waals surface area contributed by atoms with Crippen LogP contribution in [-0.2, 0) is 0 Å². The number of hydrogen-bond donors (Lipinski definition) is 1. The van der Waals surface area contributed by atoms with Crippen molar-refractivity contribution < 1.29 is 0 Å². The maximum absolute atomic E-state index is 4.09. The molecule has 1 saturated heterocycles. The van der Waals surface area contributed by atoms with Crippen LogP contribution in [0.3, 0.4) is 0 Å². The standard InChI is InChI=1S/C15H25NS/c1-9-7-17-8-14(9)16-15-12-3-10-2-11(5-12)6-13(15)4-10/h9-16H,2-8H2,1H3. The van der Waals surface area contributed by atoms with E-state index < -0.39 is 0 Å². The van der Waals surface area contributed by atoms with Crippen LogP contribution in [0.25, 0.3) is 0 Å². The third-order valence-corrected chi connectivity index (χ3v) is 7.35. The van der Waals surface area contributed by atoms with Crippen molar-refractivity contribution in [2.75, 3.05) is 11.5 Å². The summed E-state index contributed by atoms with van der Waals surface area (Å²) in [6.45, 7) is 2.44. The Hall–Kier alpha value is 0.310. The summed E-state index contributed by atoms with van der Waals surface area (Å²) in [5.74, 6) is 7.97. The minimum Gasteiger partial charge on any atom is -0.310 e. The van der Waals surface area contributed by atoms with Crippen molar-refractivity contribution in [1.82, 2.24) is 5.32 Å². The van der Waals surface area contributed by atoms with Crippen LogP contribution in [0.1, 0.15) is 39.0 Å². The lowest BCUT2D eigenvalue weighted by Crippen LogP contribution is -2.57. The van der Waals surface area contributed by atoms with Crippen molar-refractivity contribution in [3.05, 3.63) is 0 Å². The van der Waals surface area contributed by atoms with Gasteiger partial charge in [-0.2, -0.15) is 11.8 Å². The third-order valence-electron chi connectivity index (χ3n) is 6.00. The van der Waals surface area contributed by atoms with E-state index in [0.29, 0.717) is 0 Å². The molecule has 1 heterocycles. The zero-order valence-corrected chi connectivity index (χ0v) is 11.7. The summed E-state index contributed by atoms with van der Waals surface area (Å²) in [4.78, 5) is 0. The molecule has 1 N–H and O–H groups in total. The average Bonchev–Trinajstić information content (AvgIpc) is 2.68. The molecule has 17 heavy (non-hydrogen) atoms. The van der Waals surface area contributed by atoms with Crippen molar-refractivity contribution in [2.45, 2.75) is 51.1 Å². The molecule has 5 aliphatic rings. The maximum Gasteiger partial charge on any atom is 0.0194 e. The lowest BCUT2D eigenvalue weighted by molar-refractivity contribution is -0.0181. The summed E-state index contributed by atoms with van der Waals surface area (Å²) in [7, 11) is 0. The van der Waals surface area contributed by atoms with Gasteiger partial charge in [0.15, 0.2) is 0 Å². The van der Waals surface area contributed by atoms with Crippen LogP contribution >= 0.6 is 11.8 Å². The third kappa shape index (κ3) is 1.87. The van der Waals surface area contributed by atoms with Crippen LogP contribution in [0.5, 0.6) is 0 Å². The second-order valence-corrected chi connectivity index (χ2v) is 8.32. The fourth-order valence-electron chi connectivity index (χ4n) is 5.32. The van der Waals surface area contributed by atoms with Crippen molar-refractivity contribution in [3.8, 4) is 0 Å². The summed E-state index contributed by atoms with van der Waals surface area (Å²) in [5.41, 5.74) is 0. The lowest BCUT2D eigenvalue weighted by atomic mass is 9.54. The Morgan fingerprint density at radius 3 is 2.06 bits per heavy atom. The van der Waals surface area contributed by atoms with Gasteiger partial charge in [-0.1, -0.05) is 6.92 Å². The number of rotatable bonds is 2. The van der Waals surface area contributed by atoms with Crippen molar-refractivity contribution in [1.29, 1.82) is 0 Å². The van der Waals surface area contributed by atoms with Gasteiger partial charge in [0, 0.05) is 17.8 Å². The largest absolute Gasteiger partial charge is 0.310 e. The van der Waals surface area contributed by atoms with Gasteiger partial charge in [0.05, 0.1) is 0 Å². The molecule has 0 radical (unpaired) electrons. The molecule has 1 aliphatic heterocycles. The van der Waals surface area contributed by atoms with Gasteiger partial charge in [0.25, 0.3) is 0 Å². The van der Waals surface area contributed by atoms with Gasteiger partial charge in [-0.05, 0) is 67.4 Å². The monoisotopic (exact) mass is 251 g/mol. The predicted molar refractivity (Wildman–Crippen MR) is 74.2 cm³/mol. The minimum absolute atomic E-state index is 0.822. The van der Waals surface area contributed by atoms with Crippen LogP contribution in [0.15, 0.2) is 0 Å². The van der Waals surface area contributed by atoms with Crippen LogP contribution < -0.4 is 5.32 Å². The van der Waals surface area contributed by atoms with Crippen molar-refractivity contribution in [3.63, 3.8) is 0 Å². The molecule has 2 heteroatoms. The Labute approximate surface area is 109 Å². The van der Waals surface area contributed by atoms with Gasteiger partial charge in [-0.25, -0.2) is 0 Å². The van der Waals surface area contributed by atoms with Crippen molar-refractivity contribution >= 4 is 11.8 Å². The fourth-order valence-corrected chi connectivity index (χ4v) is 6.74. The molecule has 0 aromatic heterocycles. The molecular weight excluding hydrogens is 226 g/mol. The second-order valence-electron chi connectivity index (χ2n) is 7.24. The van der Waals surface area contributed by atoms with Gasteiger partial charge in [0.1, 0.15) is 0 Å². The van der Waals surface area contributed by atoms with Crippen LogP contribution in [0.4, 0.5) is 0 Å². The van der Waals surface area contributed by atoms with E-state index in [1.807, 2.05) is 0 Å². The second kappa shape index (κ2) is 4.16. The normalized spacial score (nSPS) is 56.6. The van der Waals surface area contributed by atoms with Crippen molar-refractivity contribution in [2.24, 2.45) is 29.6 Å². The van der Waals surface area contributed by atoms with E-state index in [4.69, 9.17) is 0 Å². The van der Waals surface area contributed by atoms with Gasteiger partial charge in [0.2, 0.25) is 0 Å². The number of thioether (sulfide) groups is 1. The van der Waals surface area contributed by atoms with E-state index in [0.717, 1.165) is 41.7 Å². The van der Waals surface area contributed by atoms with E-state index in [1.165, 1.54) is 11.5 Å². The Balaban J connectivity index is 1.47. The first-order valence-electron chi connectivity index (χ1n) is 7.63. The first-order chi connectivity index (χ1) is 8.29. The predicted octanol–water partition coefficient (Wildman–Crippen LogP) is 3.15. The van der Waals surface area contributed by atoms with Gasteiger partial charge >= 0.3 is 0 Å². The topological polar surface area (TPSA) is 12.0 Å². The lowest BCUT2D eigenvalue weighted by Gasteiger charge is -2.55. The quantitative estimate of drug-likeness (QED) is 0.809.